The fourth-order valence-corrected chi connectivity index (χ4v) is 1.94. The van der Waals surface area contributed by atoms with Crippen LogP contribution in [0.2, 0.25) is 0 Å². The normalized spacial score (nSPS) is 46.8. The fourth-order valence-electron chi connectivity index (χ4n) is 1.70. The highest BCUT2D eigenvalue weighted by molar-refractivity contribution is 7.80. The Morgan fingerprint density at radius 1 is 1.43 bits per heavy atom. The smallest absolute Gasteiger partial charge is 0.257 e. The van der Waals surface area contributed by atoms with Gasteiger partial charge in [0.1, 0.15) is 18.2 Å². The molecule has 2 heterocycles. The van der Waals surface area contributed by atoms with E-state index in [1.165, 1.54) is 0 Å². The molecule has 80 valence electrons. The largest absolute Gasteiger partial charge is 0.463 e. The second-order valence-corrected chi connectivity index (χ2v) is 3.65. The molecule has 0 bridgehead atoms. The lowest BCUT2D eigenvalue weighted by atomic mass is 9.97. The van der Waals surface area contributed by atoms with Gasteiger partial charge in [-0.15, -0.1) is 0 Å². The van der Waals surface area contributed by atoms with Gasteiger partial charge in [0, 0.05) is 0 Å². The average molecular weight is 221 g/mol. The summed E-state index contributed by atoms with van der Waals surface area (Å²) in [6, 6.07) is -0.525. The van der Waals surface area contributed by atoms with Crippen LogP contribution in [0, 0.1) is 0 Å². The molecule has 7 heteroatoms. The predicted molar refractivity (Wildman–Crippen MR) is 48.4 cm³/mol. The van der Waals surface area contributed by atoms with E-state index in [1.807, 2.05) is 0 Å². The average Bonchev–Trinajstić information content (AvgIpc) is 2.54. The molecule has 5 atom stereocenters. The lowest BCUT2D eigenvalue weighted by Gasteiger charge is -2.36. The molecule has 2 aliphatic heterocycles. The fraction of sp³-hybridized carbons (Fsp3) is 0.857. The zero-order valence-electron chi connectivity index (χ0n) is 7.16. The molecule has 2 rings (SSSR count). The Balaban J connectivity index is 2.17. The van der Waals surface area contributed by atoms with Crippen molar-refractivity contribution in [2.75, 3.05) is 6.61 Å². The van der Waals surface area contributed by atoms with Gasteiger partial charge in [-0.25, -0.2) is 0 Å². The van der Waals surface area contributed by atoms with Gasteiger partial charge in [-0.05, 0) is 12.2 Å². The topological polar surface area (TPSA) is 91.2 Å². The molecule has 0 aromatic carbocycles. The van der Waals surface area contributed by atoms with E-state index in [2.05, 4.69) is 5.32 Å². The van der Waals surface area contributed by atoms with Gasteiger partial charge in [0.15, 0.2) is 12.4 Å². The van der Waals surface area contributed by atoms with Crippen molar-refractivity contribution >= 4 is 17.4 Å². The van der Waals surface area contributed by atoms with Gasteiger partial charge >= 0.3 is 0 Å². The maximum Gasteiger partial charge on any atom is 0.257 e. The van der Waals surface area contributed by atoms with Crippen molar-refractivity contribution in [2.45, 2.75) is 30.6 Å². The van der Waals surface area contributed by atoms with Gasteiger partial charge in [-0.1, -0.05) is 0 Å². The Bertz CT molecular complexity index is 242. The molecule has 2 aliphatic rings. The Morgan fingerprint density at radius 3 is 2.79 bits per heavy atom. The first kappa shape index (κ1) is 10.1. The van der Waals surface area contributed by atoms with Crippen molar-refractivity contribution in [1.29, 1.82) is 0 Å². The first-order valence-corrected chi connectivity index (χ1v) is 4.64. The van der Waals surface area contributed by atoms with Crippen LogP contribution in [-0.2, 0) is 9.47 Å². The van der Waals surface area contributed by atoms with Crippen molar-refractivity contribution in [3.63, 3.8) is 0 Å². The molecule has 0 aliphatic carbocycles. The zero-order chi connectivity index (χ0) is 10.3. The number of fused-ring (bicyclic) bond motifs is 1. The molecule has 0 radical (unpaired) electrons. The molecule has 0 saturated carbocycles. The van der Waals surface area contributed by atoms with E-state index >= 15 is 0 Å². The van der Waals surface area contributed by atoms with E-state index in [9.17, 15) is 10.2 Å². The molecule has 0 aromatic rings. The minimum Gasteiger partial charge on any atom is -0.463 e. The molecule has 0 amide bonds. The minimum absolute atomic E-state index is 0.148. The van der Waals surface area contributed by atoms with Gasteiger partial charge in [-0.3, -0.25) is 0 Å². The van der Waals surface area contributed by atoms with Crippen molar-refractivity contribution in [1.82, 2.24) is 5.32 Å². The van der Waals surface area contributed by atoms with Crippen molar-refractivity contribution in [3.8, 4) is 0 Å². The third-order valence-electron chi connectivity index (χ3n) is 2.40. The molecule has 0 spiro atoms. The quantitative estimate of drug-likeness (QED) is 0.370. The molecule has 2 saturated heterocycles. The van der Waals surface area contributed by atoms with Crippen LogP contribution in [0.25, 0.3) is 0 Å². The van der Waals surface area contributed by atoms with Gasteiger partial charge in [-0.2, -0.15) is 0 Å². The highest BCUT2D eigenvalue weighted by Crippen LogP contribution is 2.25. The van der Waals surface area contributed by atoms with E-state index in [0.29, 0.717) is 0 Å². The number of hydrogen-bond donors (Lipinski definition) is 4. The summed E-state index contributed by atoms with van der Waals surface area (Å²) in [4.78, 5) is 0. The second-order valence-electron chi connectivity index (χ2n) is 3.28. The Kier molecular flexibility index (Phi) is 2.58. The van der Waals surface area contributed by atoms with Crippen molar-refractivity contribution < 1.29 is 24.8 Å². The number of hydrogen-bond acceptors (Lipinski definition) is 6. The summed E-state index contributed by atoms with van der Waals surface area (Å²) >= 11 is 4.76. The van der Waals surface area contributed by atoms with Gasteiger partial charge in [0.2, 0.25) is 0 Å². The molecule has 6 nitrogen and oxygen atoms in total. The maximum atomic E-state index is 9.52. The molecule has 14 heavy (non-hydrogen) atoms. The third kappa shape index (κ3) is 1.47. The first-order valence-electron chi connectivity index (χ1n) is 4.23. The Morgan fingerprint density at radius 2 is 2.14 bits per heavy atom. The van der Waals surface area contributed by atoms with Gasteiger partial charge < -0.3 is 30.1 Å². The first-order chi connectivity index (χ1) is 6.63. The minimum atomic E-state index is -1.33. The van der Waals surface area contributed by atoms with E-state index in [0.717, 1.165) is 0 Å². The van der Waals surface area contributed by atoms with Gasteiger partial charge in [0.25, 0.3) is 5.17 Å². The lowest BCUT2D eigenvalue weighted by molar-refractivity contribution is -0.250. The number of nitrogens with one attached hydrogen (secondary N) is 1. The molecule has 2 fully saturated rings. The van der Waals surface area contributed by atoms with Crippen LogP contribution in [0.5, 0.6) is 0 Å². The Hall–Kier alpha value is -0.470. The summed E-state index contributed by atoms with van der Waals surface area (Å²) in [6.07, 6.45) is -3.66. The second kappa shape index (κ2) is 3.59. The maximum absolute atomic E-state index is 9.52. The van der Waals surface area contributed by atoms with Gasteiger partial charge in [0.05, 0.1) is 6.61 Å². The van der Waals surface area contributed by atoms with Crippen LogP contribution >= 0.6 is 12.2 Å². The standard InChI is InChI=1S/C7H11NO5S/c9-1-2-5-3(8-7(14)13-5)4(10)6(11)12-2/h2-6,9-11H,1H2,(H,8,14)/t2-,3-,4-,5+,6?/m1/s1. The van der Waals surface area contributed by atoms with Crippen LogP contribution in [0.1, 0.15) is 0 Å². The van der Waals surface area contributed by atoms with Crippen LogP contribution < -0.4 is 5.32 Å². The predicted octanol–water partition coefficient (Wildman–Crippen LogP) is -2.30. The van der Waals surface area contributed by atoms with E-state index in [4.69, 9.17) is 26.8 Å². The number of rotatable bonds is 1. The molecular formula is C7H11NO5S. The third-order valence-corrected chi connectivity index (χ3v) is 2.62. The number of thiocarbonyl (C=S) groups is 1. The van der Waals surface area contributed by atoms with Crippen LogP contribution in [0.4, 0.5) is 0 Å². The van der Waals surface area contributed by atoms with Crippen LogP contribution in [0.15, 0.2) is 0 Å². The van der Waals surface area contributed by atoms with E-state index in [1.54, 1.807) is 0 Å². The molecule has 4 N–H and O–H groups in total. The highest BCUT2D eigenvalue weighted by atomic mass is 32.1. The monoisotopic (exact) mass is 221 g/mol. The summed E-state index contributed by atoms with van der Waals surface area (Å²) in [5.41, 5.74) is 0. The molecular weight excluding hydrogens is 210 g/mol. The van der Waals surface area contributed by atoms with E-state index < -0.39 is 30.6 Å². The van der Waals surface area contributed by atoms with Crippen molar-refractivity contribution in [2.24, 2.45) is 0 Å². The lowest BCUT2D eigenvalue weighted by Crippen LogP contribution is -2.59. The zero-order valence-corrected chi connectivity index (χ0v) is 7.98. The molecule has 0 aromatic heterocycles. The Labute approximate surface area is 85.4 Å². The summed E-state index contributed by atoms with van der Waals surface area (Å²) in [7, 11) is 0. The number of aliphatic hydroxyl groups excluding tert-OH is 3. The summed E-state index contributed by atoms with van der Waals surface area (Å²) in [5, 5.41) is 30.6. The number of aliphatic hydroxyl groups is 3. The highest BCUT2D eigenvalue weighted by Gasteiger charge is 2.50. The van der Waals surface area contributed by atoms with Crippen molar-refractivity contribution in [3.05, 3.63) is 0 Å². The summed E-state index contributed by atoms with van der Waals surface area (Å²) in [5.74, 6) is 0. The number of ether oxygens (including phenoxy) is 2. The molecule has 1 unspecified atom stereocenters. The van der Waals surface area contributed by atoms with E-state index in [-0.39, 0.29) is 11.8 Å². The summed E-state index contributed by atoms with van der Waals surface area (Å²) < 4.78 is 10.1. The van der Waals surface area contributed by atoms with Crippen LogP contribution in [-0.4, -0.2) is 57.7 Å². The SMILES string of the molecule is OC[C@H]1OC(O)[C@H](O)[C@H]2NC(=S)O[C@H]21. The summed E-state index contributed by atoms with van der Waals surface area (Å²) in [6.45, 7) is -0.296. The van der Waals surface area contributed by atoms with Crippen LogP contribution in [0.3, 0.4) is 0 Å².